The fourth-order valence-electron chi connectivity index (χ4n) is 5.34. The van der Waals surface area contributed by atoms with Crippen molar-refractivity contribution in [1.29, 1.82) is 0 Å². The third-order valence-corrected chi connectivity index (χ3v) is 7.73. The van der Waals surface area contributed by atoms with Gasteiger partial charge in [0, 0.05) is 24.8 Å². The predicted octanol–water partition coefficient (Wildman–Crippen LogP) is 3.07. The van der Waals surface area contributed by atoms with E-state index in [0.717, 1.165) is 73.4 Å². The maximum Gasteiger partial charge on any atom is 0.146 e. The first-order valence-corrected chi connectivity index (χ1v) is 13.0. The molecular weight excluding hydrogens is 489 g/mol. The molecule has 0 spiro atoms. The first kappa shape index (κ1) is 24.9. The molecule has 0 saturated carbocycles. The molecule has 1 atom stereocenters. The largest absolute Gasteiger partial charge is 0.488 e. The van der Waals surface area contributed by atoms with E-state index in [1.54, 1.807) is 17.6 Å². The molecule has 2 aliphatic heterocycles. The molecule has 4 aromatic heterocycles. The van der Waals surface area contributed by atoms with Gasteiger partial charge >= 0.3 is 0 Å². The summed E-state index contributed by atoms with van der Waals surface area (Å²) in [6, 6.07) is 5.51. The molecule has 2 aliphatic rings. The highest BCUT2D eigenvalue weighted by Gasteiger charge is 2.32. The molecule has 0 radical (unpaired) electrons. The van der Waals surface area contributed by atoms with Crippen LogP contribution in [0.5, 0.6) is 5.75 Å². The molecule has 4 aromatic rings. The maximum atomic E-state index is 13.3. The van der Waals surface area contributed by atoms with Gasteiger partial charge in [0.05, 0.1) is 49.1 Å². The summed E-state index contributed by atoms with van der Waals surface area (Å²) in [5.41, 5.74) is 3.23. The second kappa shape index (κ2) is 9.72. The highest BCUT2D eigenvalue weighted by Crippen LogP contribution is 2.33. The van der Waals surface area contributed by atoms with E-state index in [1.165, 1.54) is 12.1 Å². The molecule has 0 amide bonds. The van der Waals surface area contributed by atoms with E-state index < -0.39 is 11.4 Å². The molecule has 6 rings (SSSR count). The average Bonchev–Trinajstić information content (AvgIpc) is 3.45. The monoisotopic (exact) mass is 521 g/mol. The third-order valence-electron chi connectivity index (χ3n) is 7.73. The zero-order chi connectivity index (χ0) is 26.4. The van der Waals surface area contributed by atoms with Crippen molar-refractivity contribution < 1.29 is 19.0 Å². The number of likely N-dealkylation sites (tertiary alicyclic amines) is 1. The molecule has 11 heteroatoms. The van der Waals surface area contributed by atoms with Gasteiger partial charge in [-0.25, -0.2) is 13.6 Å². The van der Waals surface area contributed by atoms with Crippen LogP contribution in [0.15, 0.2) is 36.8 Å². The van der Waals surface area contributed by atoms with Crippen molar-refractivity contribution in [3.05, 3.63) is 59.6 Å². The van der Waals surface area contributed by atoms with Gasteiger partial charge in [-0.15, -0.1) is 5.10 Å². The van der Waals surface area contributed by atoms with Gasteiger partial charge in [-0.05, 0) is 57.4 Å². The van der Waals surface area contributed by atoms with Gasteiger partial charge in [0.1, 0.15) is 35.0 Å². The number of piperidine rings is 1. The number of fused-ring (bicyclic) bond motifs is 1. The molecule has 2 saturated heterocycles. The lowest BCUT2D eigenvalue weighted by Crippen LogP contribution is -2.52. The SMILES string of the molecule is Cc1cnn2cc(-c3nnn(C4CCN(C5COC5)CC4)c3C)cc(OCC(C)(O)c3ccc(F)cn3)c12. The fourth-order valence-corrected chi connectivity index (χ4v) is 5.34. The summed E-state index contributed by atoms with van der Waals surface area (Å²) < 4.78 is 28.7. The normalized spacial score (nSPS) is 19.0. The van der Waals surface area contributed by atoms with Crippen LogP contribution in [0, 0.1) is 19.7 Å². The van der Waals surface area contributed by atoms with E-state index in [9.17, 15) is 9.50 Å². The van der Waals surface area contributed by atoms with Crippen molar-refractivity contribution >= 4 is 5.52 Å². The molecule has 38 heavy (non-hydrogen) atoms. The summed E-state index contributed by atoms with van der Waals surface area (Å²) in [5.74, 6) is 0.0987. The number of pyridine rings is 2. The van der Waals surface area contributed by atoms with E-state index in [2.05, 4.69) is 25.3 Å². The Labute approximate surface area is 220 Å². The van der Waals surface area contributed by atoms with Crippen molar-refractivity contribution in [1.82, 2.24) is 34.5 Å². The Kier molecular flexibility index (Phi) is 6.37. The lowest BCUT2D eigenvalue weighted by Gasteiger charge is -2.41. The van der Waals surface area contributed by atoms with Gasteiger partial charge in [0.15, 0.2) is 0 Å². The van der Waals surface area contributed by atoms with Gasteiger partial charge in [-0.3, -0.25) is 9.88 Å². The van der Waals surface area contributed by atoms with Crippen LogP contribution < -0.4 is 4.74 Å². The van der Waals surface area contributed by atoms with E-state index in [0.29, 0.717) is 23.5 Å². The quantitative estimate of drug-likeness (QED) is 0.396. The zero-order valence-corrected chi connectivity index (χ0v) is 21.8. The Morgan fingerprint density at radius 3 is 2.63 bits per heavy atom. The molecule has 6 heterocycles. The summed E-state index contributed by atoms with van der Waals surface area (Å²) in [5, 5.41) is 24.6. The number of aromatic nitrogens is 6. The first-order chi connectivity index (χ1) is 18.3. The number of hydrogen-bond acceptors (Lipinski definition) is 8. The van der Waals surface area contributed by atoms with E-state index in [4.69, 9.17) is 9.47 Å². The van der Waals surface area contributed by atoms with Gasteiger partial charge in [0.2, 0.25) is 0 Å². The Morgan fingerprint density at radius 1 is 1.16 bits per heavy atom. The van der Waals surface area contributed by atoms with Crippen LogP contribution in [0.4, 0.5) is 4.39 Å². The molecule has 0 aromatic carbocycles. The minimum atomic E-state index is -1.42. The fraction of sp³-hybridized carbons (Fsp3) is 0.481. The standard InChI is InChI=1S/C27H32FN7O3/c1-17-11-30-34-13-19(10-23(26(17)34)38-16-27(3,36)24-5-4-20(28)12-29-24)25-18(2)35(32-31-25)21-6-8-33(9-7-21)22-14-37-15-22/h4-5,10-13,21-22,36H,6-9,14-16H2,1-3H3. The number of nitrogens with zero attached hydrogens (tertiary/aromatic N) is 7. The van der Waals surface area contributed by atoms with Crippen molar-refractivity contribution in [3.63, 3.8) is 0 Å². The molecule has 0 bridgehead atoms. The number of hydrogen-bond donors (Lipinski definition) is 1. The average molecular weight is 522 g/mol. The van der Waals surface area contributed by atoms with Gasteiger partial charge in [0.25, 0.3) is 0 Å². The van der Waals surface area contributed by atoms with Gasteiger partial charge < -0.3 is 14.6 Å². The number of ether oxygens (including phenoxy) is 2. The van der Waals surface area contributed by atoms with Gasteiger partial charge in [-0.1, -0.05) is 5.21 Å². The van der Waals surface area contributed by atoms with Crippen LogP contribution in [-0.2, 0) is 10.3 Å². The highest BCUT2D eigenvalue weighted by molar-refractivity contribution is 5.72. The number of halogens is 1. The van der Waals surface area contributed by atoms with Crippen LogP contribution in [0.2, 0.25) is 0 Å². The van der Waals surface area contributed by atoms with E-state index >= 15 is 0 Å². The second-order valence-corrected chi connectivity index (χ2v) is 10.6. The molecule has 1 unspecified atom stereocenters. The molecule has 10 nitrogen and oxygen atoms in total. The smallest absolute Gasteiger partial charge is 0.146 e. The highest BCUT2D eigenvalue weighted by atomic mass is 19.1. The summed E-state index contributed by atoms with van der Waals surface area (Å²) in [4.78, 5) is 6.54. The molecule has 1 N–H and O–H groups in total. The van der Waals surface area contributed by atoms with Crippen molar-refractivity contribution in [2.24, 2.45) is 0 Å². The van der Waals surface area contributed by atoms with Gasteiger partial charge in [-0.2, -0.15) is 5.10 Å². The van der Waals surface area contributed by atoms with Crippen LogP contribution in [0.3, 0.4) is 0 Å². The van der Waals surface area contributed by atoms with Crippen molar-refractivity contribution in [2.45, 2.75) is 51.3 Å². The predicted molar refractivity (Wildman–Crippen MR) is 137 cm³/mol. The zero-order valence-electron chi connectivity index (χ0n) is 21.8. The third kappa shape index (κ3) is 4.55. The Balaban J connectivity index is 1.25. The first-order valence-electron chi connectivity index (χ1n) is 13.0. The number of aryl methyl sites for hydroxylation is 1. The summed E-state index contributed by atoms with van der Waals surface area (Å²) in [6.07, 6.45) is 6.84. The van der Waals surface area contributed by atoms with Crippen molar-refractivity contribution in [2.75, 3.05) is 32.9 Å². The topological polar surface area (TPSA) is 103 Å². The number of aliphatic hydroxyl groups is 1. The summed E-state index contributed by atoms with van der Waals surface area (Å²) in [6.45, 7) is 9.27. The summed E-state index contributed by atoms with van der Waals surface area (Å²) >= 11 is 0. The molecule has 200 valence electrons. The molecular formula is C27H32FN7O3. The minimum Gasteiger partial charge on any atom is -0.488 e. The Bertz CT molecular complexity index is 1440. The van der Waals surface area contributed by atoms with Crippen molar-refractivity contribution in [3.8, 4) is 17.0 Å². The van der Waals surface area contributed by atoms with E-state index in [1.807, 2.05) is 30.8 Å². The lowest BCUT2D eigenvalue weighted by molar-refractivity contribution is -0.0735. The Hall–Kier alpha value is -3.41. The van der Waals surface area contributed by atoms with Crippen LogP contribution in [0.1, 0.15) is 42.8 Å². The second-order valence-electron chi connectivity index (χ2n) is 10.6. The number of rotatable bonds is 7. The van der Waals surface area contributed by atoms with Crippen LogP contribution in [-0.4, -0.2) is 78.6 Å². The lowest BCUT2D eigenvalue weighted by atomic mass is 10.0. The van der Waals surface area contributed by atoms with Crippen LogP contribution >= 0.6 is 0 Å². The van der Waals surface area contributed by atoms with E-state index in [-0.39, 0.29) is 6.61 Å². The maximum absolute atomic E-state index is 13.3. The molecule has 2 fully saturated rings. The van der Waals surface area contributed by atoms with Crippen LogP contribution in [0.25, 0.3) is 16.8 Å². The minimum absolute atomic E-state index is 0.0777. The molecule has 0 aliphatic carbocycles. The Morgan fingerprint density at radius 2 is 1.95 bits per heavy atom. The summed E-state index contributed by atoms with van der Waals surface area (Å²) in [7, 11) is 0.